The summed E-state index contributed by atoms with van der Waals surface area (Å²) in [7, 11) is 0. The second-order valence-electron chi connectivity index (χ2n) is 3.73. The molecule has 0 heterocycles. The van der Waals surface area contributed by atoms with Crippen LogP contribution in [-0.2, 0) is 0 Å². The predicted molar refractivity (Wildman–Crippen MR) is 45.1 cm³/mol. The molecular formula is C9H18FN. The van der Waals surface area contributed by atoms with E-state index in [0.717, 1.165) is 25.7 Å². The SMILES string of the molecule is CC(CN)C1(F)CCCCC1. The zero-order valence-corrected chi connectivity index (χ0v) is 7.28. The van der Waals surface area contributed by atoms with Crippen LogP contribution >= 0.6 is 0 Å². The molecule has 0 aromatic rings. The molecule has 2 N–H and O–H groups in total. The van der Waals surface area contributed by atoms with Crippen molar-refractivity contribution in [1.29, 1.82) is 0 Å². The van der Waals surface area contributed by atoms with Crippen molar-refractivity contribution in [1.82, 2.24) is 0 Å². The van der Waals surface area contributed by atoms with E-state index >= 15 is 0 Å². The van der Waals surface area contributed by atoms with Crippen molar-refractivity contribution < 1.29 is 4.39 Å². The van der Waals surface area contributed by atoms with Crippen molar-refractivity contribution in [3.63, 3.8) is 0 Å². The van der Waals surface area contributed by atoms with Crippen molar-refractivity contribution in [2.75, 3.05) is 6.54 Å². The minimum atomic E-state index is -0.938. The first-order valence-corrected chi connectivity index (χ1v) is 4.58. The molecule has 0 radical (unpaired) electrons. The lowest BCUT2D eigenvalue weighted by Crippen LogP contribution is -2.37. The van der Waals surface area contributed by atoms with Gasteiger partial charge in [-0.15, -0.1) is 0 Å². The molecular weight excluding hydrogens is 141 g/mol. The Labute approximate surface area is 68.2 Å². The summed E-state index contributed by atoms with van der Waals surface area (Å²) in [6.07, 6.45) is 4.74. The third-order valence-corrected chi connectivity index (χ3v) is 2.92. The summed E-state index contributed by atoms with van der Waals surface area (Å²) in [5.74, 6) is 0.0443. The number of nitrogens with two attached hydrogens (primary N) is 1. The molecule has 1 nitrogen and oxygen atoms in total. The van der Waals surface area contributed by atoms with E-state index in [4.69, 9.17) is 5.73 Å². The first-order chi connectivity index (χ1) is 5.19. The Morgan fingerprint density at radius 3 is 2.36 bits per heavy atom. The van der Waals surface area contributed by atoms with Gasteiger partial charge in [0.15, 0.2) is 0 Å². The highest BCUT2D eigenvalue weighted by molar-refractivity contribution is 4.87. The lowest BCUT2D eigenvalue weighted by molar-refractivity contribution is 0.0505. The van der Waals surface area contributed by atoms with Gasteiger partial charge in [0.2, 0.25) is 0 Å². The second kappa shape index (κ2) is 3.53. The van der Waals surface area contributed by atoms with Gasteiger partial charge in [-0.3, -0.25) is 0 Å². The molecule has 0 bridgehead atoms. The van der Waals surface area contributed by atoms with Crippen molar-refractivity contribution in [2.24, 2.45) is 11.7 Å². The van der Waals surface area contributed by atoms with Gasteiger partial charge in [-0.05, 0) is 19.4 Å². The molecule has 1 rings (SSSR count). The summed E-state index contributed by atoms with van der Waals surface area (Å²) in [6.45, 7) is 2.40. The van der Waals surface area contributed by atoms with Crippen LogP contribution in [0.4, 0.5) is 4.39 Å². The number of halogens is 1. The Balaban J connectivity index is 2.49. The standard InChI is InChI=1S/C9H18FN/c1-8(7-11)9(10)5-3-2-4-6-9/h8H,2-7,11H2,1H3. The molecule has 1 unspecified atom stereocenters. The first-order valence-electron chi connectivity index (χ1n) is 4.58. The van der Waals surface area contributed by atoms with Crippen LogP contribution in [0.15, 0.2) is 0 Å². The van der Waals surface area contributed by atoms with Gasteiger partial charge < -0.3 is 5.73 Å². The van der Waals surface area contributed by atoms with Crippen LogP contribution in [0.5, 0.6) is 0 Å². The average Bonchev–Trinajstić information content (AvgIpc) is 2.04. The summed E-state index contributed by atoms with van der Waals surface area (Å²) < 4.78 is 13.9. The van der Waals surface area contributed by atoms with E-state index in [2.05, 4.69) is 0 Å². The van der Waals surface area contributed by atoms with E-state index in [1.807, 2.05) is 6.92 Å². The fourth-order valence-electron chi connectivity index (χ4n) is 1.84. The van der Waals surface area contributed by atoms with E-state index in [1.165, 1.54) is 6.42 Å². The van der Waals surface area contributed by atoms with E-state index in [9.17, 15) is 4.39 Å². The van der Waals surface area contributed by atoms with Crippen LogP contribution in [0.25, 0.3) is 0 Å². The second-order valence-corrected chi connectivity index (χ2v) is 3.73. The van der Waals surface area contributed by atoms with Crippen LogP contribution in [0.1, 0.15) is 39.0 Å². The summed E-state index contributed by atoms with van der Waals surface area (Å²) in [5.41, 5.74) is 4.51. The van der Waals surface area contributed by atoms with Crippen molar-refractivity contribution >= 4 is 0 Å². The molecule has 1 aliphatic rings. The molecule has 66 valence electrons. The van der Waals surface area contributed by atoms with Crippen LogP contribution < -0.4 is 5.73 Å². The smallest absolute Gasteiger partial charge is 0.114 e. The fourth-order valence-corrected chi connectivity index (χ4v) is 1.84. The third kappa shape index (κ3) is 1.92. The summed E-state index contributed by atoms with van der Waals surface area (Å²) in [4.78, 5) is 0. The monoisotopic (exact) mass is 159 g/mol. The maximum atomic E-state index is 13.9. The van der Waals surface area contributed by atoms with E-state index in [0.29, 0.717) is 6.54 Å². The van der Waals surface area contributed by atoms with E-state index in [1.54, 1.807) is 0 Å². The zero-order chi connectivity index (χ0) is 8.32. The highest BCUT2D eigenvalue weighted by Crippen LogP contribution is 2.37. The van der Waals surface area contributed by atoms with Gasteiger partial charge in [0, 0.05) is 5.92 Å². The average molecular weight is 159 g/mol. The summed E-state index contributed by atoms with van der Waals surface area (Å²) in [5, 5.41) is 0. The highest BCUT2D eigenvalue weighted by atomic mass is 19.1. The first kappa shape index (κ1) is 8.98. The van der Waals surface area contributed by atoms with Gasteiger partial charge in [-0.1, -0.05) is 26.2 Å². The predicted octanol–water partition coefficient (Wildman–Crippen LogP) is 2.25. The minimum Gasteiger partial charge on any atom is -0.330 e. The maximum Gasteiger partial charge on any atom is 0.114 e. The summed E-state index contributed by atoms with van der Waals surface area (Å²) >= 11 is 0. The Hall–Kier alpha value is -0.110. The minimum absolute atomic E-state index is 0.0443. The molecule has 0 aromatic heterocycles. The molecule has 11 heavy (non-hydrogen) atoms. The number of alkyl halides is 1. The van der Waals surface area contributed by atoms with Crippen LogP contribution in [0.3, 0.4) is 0 Å². The zero-order valence-electron chi connectivity index (χ0n) is 7.28. The molecule has 1 saturated carbocycles. The number of hydrogen-bond donors (Lipinski definition) is 1. The van der Waals surface area contributed by atoms with Gasteiger partial charge in [-0.2, -0.15) is 0 Å². The molecule has 2 heteroatoms. The van der Waals surface area contributed by atoms with Gasteiger partial charge in [0.05, 0.1) is 0 Å². The third-order valence-electron chi connectivity index (χ3n) is 2.92. The fraction of sp³-hybridized carbons (Fsp3) is 1.00. The lowest BCUT2D eigenvalue weighted by Gasteiger charge is -2.34. The van der Waals surface area contributed by atoms with Crippen LogP contribution in [-0.4, -0.2) is 12.2 Å². The molecule has 1 atom stereocenters. The Kier molecular flexibility index (Phi) is 2.88. The number of hydrogen-bond acceptors (Lipinski definition) is 1. The normalized spacial score (nSPS) is 26.5. The Bertz CT molecular complexity index is 119. The molecule has 1 fully saturated rings. The molecule has 0 amide bonds. The van der Waals surface area contributed by atoms with Crippen molar-refractivity contribution in [3.8, 4) is 0 Å². The highest BCUT2D eigenvalue weighted by Gasteiger charge is 2.36. The Morgan fingerprint density at radius 2 is 1.91 bits per heavy atom. The Morgan fingerprint density at radius 1 is 1.36 bits per heavy atom. The van der Waals surface area contributed by atoms with Gasteiger partial charge in [0.25, 0.3) is 0 Å². The largest absolute Gasteiger partial charge is 0.330 e. The summed E-state index contributed by atoms with van der Waals surface area (Å²) in [6, 6.07) is 0. The molecule has 0 aliphatic heterocycles. The topological polar surface area (TPSA) is 26.0 Å². The molecule has 0 saturated heterocycles. The molecule has 0 spiro atoms. The molecule has 0 aromatic carbocycles. The van der Waals surface area contributed by atoms with E-state index in [-0.39, 0.29) is 5.92 Å². The van der Waals surface area contributed by atoms with Gasteiger partial charge in [0.1, 0.15) is 5.67 Å². The lowest BCUT2D eigenvalue weighted by atomic mass is 9.78. The maximum absolute atomic E-state index is 13.9. The van der Waals surface area contributed by atoms with E-state index < -0.39 is 5.67 Å². The van der Waals surface area contributed by atoms with Gasteiger partial charge in [-0.25, -0.2) is 4.39 Å². The van der Waals surface area contributed by atoms with Crippen LogP contribution in [0.2, 0.25) is 0 Å². The van der Waals surface area contributed by atoms with Crippen LogP contribution in [0, 0.1) is 5.92 Å². The quantitative estimate of drug-likeness (QED) is 0.657. The van der Waals surface area contributed by atoms with Crippen molar-refractivity contribution in [2.45, 2.75) is 44.7 Å². The van der Waals surface area contributed by atoms with Crippen molar-refractivity contribution in [3.05, 3.63) is 0 Å². The van der Waals surface area contributed by atoms with Gasteiger partial charge >= 0.3 is 0 Å². The molecule has 1 aliphatic carbocycles. The number of rotatable bonds is 2.